The molecule has 0 aliphatic carbocycles. The van der Waals surface area contributed by atoms with Crippen molar-refractivity contribution in [1.29, 1.82) is 0 Å². The van der Waals surface area contributed by atoms with Crippen LogP contribution in [0.4, 0.5) is 15.9 Å². The Kier molecular flexibility index (Phi) is 5.48. The number of rotatable bonds is 5. The van der Waals surface area contributed by atoms with Gasteiger partial charge in [0.1, 0.15) is 11.6 Å². The molecule has 1 aliphatic rings. The van der Waals surface area contributed by atoms with Gasteiger partial charge in [-0.1, -0.05) is 42.5 Å². The van der Waals surface area contributed by atoms with Crippen LogP contribution < -0.4 is 21.9 Å². The minimum absolute atomic E-state index is 0.00499. The SMILES string of the molecule is O=C1C[C@@H](C(=O)Nc2ccccc2F)c2c(n(CCc3ccccc3)c(=O)[nH]c2=O)N1. The smallest absolute Gasteiger partial charge is 0.323 e. The number of aryl methyl sites for hydroxylation is 1. The second-order valence-electron chi connectivity index (χ2n) is 7.18. The molecule has 0 fully saturated rings. The maximum Gasteiger partial charge on any atom is 0.329 e. The van der Waals surface area contributed by atoms with Gasteiger partial charge in [-0.3, -0.25) is 23.9 Å². The lowest BCUT2D eigenvalue weighted by Gasteiger charge is -2.26. The molecule has 2 amide bonds. The fourth-order valence-electron chi connectivity index (χ4n) is 3.62. The minimum Gasteiger partial charge on any atom is -0.323 e. The number of anilines is 2. The van der Waals surface area contributed by atoms with Crippen molar-refractivity contribution in [2.75, 3.05) is 10.6 Å². The molecule has 1 atom stereocenters. The molecule has 8 nitrogen and oxygen atoms in total. The van der Waals surface area contributed by atoms with Gasteiger partial charge in [0.2, 0.25) is 11.8 Å². The predicted molar refractivity (Wildman–Crippen MR) is 112 cm³/mol. The van der Waals surface area contributed by atoms with Gasteiger partial charge in [-0.05, 0) is 24.1 Å². The Hall–Kier alpha value is -4.01. The van der Waals surface area contributed by atoms with Gasteiger partial charge in [0.15, 0.2) is 0 Å². The number of carbonyl (C=O) groups excluding carboxylic acids is 2. The highest BCUT2D eigenvalue weighted by molar-refractivity contribution is 6.04. The normalized spacial score (nSPS) is 15.1. The van der Waals surface area contributed by atoms with Crippen LogP contribution in [0.15, 0.2) is 64.2 Å². The van der Waals surface area contributed by atoms with E-state index >= 15 is 0 Å². The van der Waals surface area contributed by atoms with Crippen LogP contribution in [-0.2, 0) is 22.6 Å². The number of aromatic amines is 1. The van der Waals surface area contributed by atoms with Crippen LogP contribution in [0.25, 0.3) is 0 Å². The van der Waals surface area contributed by atoms with Crippen molar-refractivity contribution in [2.24, 2.45) is 0 Å². The number of amides is 2. The molecule has 0 unspecified atom stereocenters. The van der Waals surface area contributed by atoms with Crippen LogP contribution in [0, 0.1) is 5.82 Å². The van der Waals surface area contributed by atoms with E-state index in [4.69, 9.17) is 0 Å². The van der Waals surface area contributed by atoms with Crippen molar-refractivity contribution in [2.45, 2.75) is 25.3 Å². The number of nitrogens with zero attached hydrogens (tertiary/aromatic N) is 1. The number of para-hydroxylation sites is 1. The van der Waals surface area contributed by atoms with E-state index in [2.05, 4.69) is 15.6 Å². The largest absolute Gasteiger partial charge is 0.329 e. The van der Waals surface area contributed by atoms with E-state index in [0.717, 1.165) is 5.56 Å². The summed E-state index contributed by atoms with van der Waals surface area (Å²) in [7, 11) is 0. The third-order valence-electron chi connectivity index (χ3n) is 5.15. The Morgan fingerprint density at radius 3 is 2.52 bits per heavy atom. The summed E-state index contributed by atoms with van der Waals surface area (Å²) in [5.41, 5.74) is -0.569. The highest BCUT2D eigenvalue weighted by Crippen LogP contribution is 2.30. The number of hydrogen-bond acceptors (Lipinski definition) is 4. The van der Waals surface area contributed by atoms with Crippen molar-refractivity contribution < 1.29 is 14.0 Å². The summed E-state index contributed by atoms with van der Waals surface area (Å²) in [5, 5.41) is 4.98. The summed E-state index contributed by atoms with van der Waals surface area (Å²) in [6.07, 6.45) is 0.175. The Morgan fingerprint density at radius 2 is 1.77 bits per heavy atom. The number of fused-ring (bicyclic) bond motifs is 1. The van der Waals surface area contributed by atoms with E-state index in [1.165, 1.54) is 22.8 Å². The zero-order chi connectivity index (χ0) is 22.0. The Balaban J connectivity index is 1.70. The topological polar surface area (TPSA) is 113 Å². The highest BCUT2D eigenvalue weighted by atomic mass is 19.1. The van der Waals surface area contributed by atoms with Crippen molar-refractivity contribution in [3.63, 3.8) is 0 Å². The number of aromatic nitrogens is 2. The van der Waals surface area contributed by atoms with Gasteiger partial charge < -0.3 is 10.6 Å². The molecule has 1 aromatic heterocycles. The molecule has 0 saturated carbocycles. The van der Waals surface area contributed by atoms with Crippen LogP contribution in [-0.4, -0.2) is 21.4 Å². The molecule has 0 spiro atoms. The number of benzene rings is 2. The molecule has 0 saturated heterocycles. The van der Waals surface area contributed by atoms with E-state index in [1.54, 1.807) is 6.07 Å². The molecular formula is C22H19FN4O4. The molecule has 31 heavy (non-hydrogen) atoms. The number of hydrogen-bond donors (Lipinski definition) is 3. The Bertz CT molecular complexity index is 1270. The lowest BCUT2D eigenvalue weighted by Crippen LogP contribution is -2.42. The molecule has 4 rings (SSSR count). The van der Waals surface area contributed by atoms with Gasteiger partial charge in [0.05, 0.1) is 17.2 Å². The van der Waals surface area contributed by atoms with Gasteiger partial charge in [-0.25, -0.2) is 9.18 Å². The molecule has 9 heteroatoms. The first-order valence-corrected chi connectivity index (χ1v) is 9.70. The second kappa shape index (κ2) is 8.39. The van der Waals surface area contributed by atoms with E-state index in [-0.39, 0.29) is 30.0 Å². The molecular weight excluding hydrogens is 403 g/mol. The maximum atomic E-state index is 13.9. The van der Waals surface area contributed by atoms with Crippen molar-refractivity contribution in [3.05, 3.63) is 92.4 Å². The van der Waals surface area contributed by atoms with E-state index in [9.17, 15) is 23.6 Å². The van der Waals surface area contributed by atoms with Crippen molar-refractivity contribution in [1.82, 2.24) is 9.55 Å². The molecule has 1 aliphatic heterocycles. The van der Waals surface area contributed by atoms with Crippen LogP contribution >= 0.6 is 0 Å². The van der Waals surface area contributed by atoms with E-state index < -0.39 is 34.8 Å². The molecule has 2 aromatic carbocycles. The highest BCUT2D eigenvalue weighted by Gasteiger charge is 2.35. The Labute approximate surface area is 175 Å². The lowest BCUT2D eigenvalue weighted by atomic mass is 9.92. The van der Waals surface area contributed by atoms with E-state index in [0.29, 0.717) is 6.42 Å². The van der Waals surface area contributed by atoms with Crippen molar-refractivity contribution >= 4 is 23.3 Å². The lowest BCUT2D eigenvalue weighted by molar-refractivity contribution is -0.123. The second-order valence-corrected chi connectivity index (χ2v) is 7.18. The van der Waals surface area contributed by atoms with Gasteiger partial charge >= 0.3 is 5.69 Å². The summed E-state index contributed by atoms with van der Waals surface area (Å²) in [4.78, 5) is 52.4. The van der Waals surface area contributed by atoms with Crippen LogP contribution in [0.2, 0.25) is 0 Å². The predicted octanol–water partition coefficient (Wildman–Crippen LogP) is 1.98. The minimum atomic E-state index is -1.17. The first kappa shape index (κ1) is 20.3. The molecule has 0 radical (unpaired) electrons. The van der Waals surface area contributed by atoms with Crippen LogP contribution in [0.5, 0.6) is 0 Å². The maximum absolute atomic E-state index is 13.9. The summed E-state index contributed by atoms with van der Waals surface area (Å²) in [6, 6.07) is 15.0. The summed E-state index contributed by atoms with van der Waals surface area (Å²) >= 11 is 0. The van der Waals surface area contributed by atoms with Crippen molar-refractivity contribution in [3.8, 4) is 0 Å². The molecule has 158 valence electrons. The van der Waals surface area contributed by atoms with Gasteiger partial charge in [0, 0.05) is 13.0 Å². The summed E-state index contributed by atoms with van der Waals surface area (Å²) < 4.78 is 15.2. The fourth-order valence-corrected chi connectivity index (χ4v) is 3.62. The summed E-state index contributed by atoms with van der Waals surface area (Å²) in [6.45, 7) is 0.184. The average molecular weight is 422 g/mol. The van der Waals surface area contributed by atoms with Gasteiger partial charge in [0.25, 0.3) is 5.56 Å². The number of nitrogens with one attached hydrogen (secondary N) is 3. The average Bonchev–Trinajstić information content (AvgIpc) is 2.75. The molecule has 2 heterocycles. The monoisotopic (exact) mass is 422 g/mol. The van der Waals surface area contributed by atoms with Gasteiger partial charge in [-0.2, -0.15) is 0 Å². The third kappa shape index (κ3) is 4.16. The quantitative estimate of drug-likeness (QED) is 0.584. The Morgan fingerprint density at radius 1 is 1.06 bits per heavy atom. The standard InChI is InChI=1S/C22H19FN4O4/c23-15-8-4-5-9-16(15)24-20(29)14-12-17(28)25-19-18(14)21(30)26-22(31)27(19)11-10-13-6-2-1-3-7-13/h1-9,14H,10-12H2,(H,24,29)(H,25,28)(H,26,30,31)/t14-/m1/s1. The summed E-state index contributed by atoms with van der Waals surface area (Å²) in [5.74, 6) is -3.04. The number of carbonyl (C=O) groups is 2. The molecule has 0 bridgehead atoms. The van der Waals surface area contributed by atoms with Crippen LogP contribution in [0.3, 0.4) is 0 Å². The molecule has 3 N–H and O–H groups in total. The number of H-pyrrole nitrogens is 1. The third-order valence-corrected chi connectivity index (χ3v) is 5.15. The zero-order valence-electron chi connectivity index (χ0n) is 16.4. The van der Waals surface area contributed by atoms with Crippen LogP contribution in [0.1, 0.15) is 23.5 Å². The first-order valence-electron chi connectivity index (χ1n) is 9.70. The first-order chi connectivity index (χ1) is 14.9. The van der Waals surface area contributed by atoms with Gasteiger partial charge in [-0.15, -0.1) is 0 Å². The fraction of sp³-hybridized carbons (Fsp3) is 0.182. The van der Waals surface area contributed by atoms with E-state index in [1.807, 2.05) is 30.3 Å². The molecule has 3 aromatic rings. The number of halogens is 1. The zero-order valence-corrected chi connectivity index (χ0v) is 16.4.